The molecule has 0 bridgehead atoms. The Bertz CT molecular complexity index is 998. The molecule has 8 heteroatoms. The Hall–Kier alpha value is -3.26. The van der Waals surface area contributed by atoms with Crippen molar-refractivity contribution >= 4 is 11.7 Å². The summed E-state index contributed by atoms with van der Waals surface area (Å²) in [5.74, 6) is 2.30. The number of carbonyl (C=O) groups excluding carboxylic acids is 1. The number of nitrogens with one attached hydrogen (secondary N) is 1. The molecule has 1 amide bonds. The van der Waals surface area contributed by atoms with E-state index in [-0.39, 0.29) is 18.5 Å². The number of hydrogen-bond donors (Lipinski definition) is 3. The normalized spacial score (nSPS) is 14.4. The van der Waals surface area contributed by atoms with Crippen molar-refractivity contribution in [2.24, 2.45) is 11.7 Å². The van der Waals surface area contributed by atoms with E-state index in [1.165, 1.54) is 12.8 Å². The zero-order valence-electron chi connectivity index (χ0n) is 16.9. The van der Waals surface area contributed by atoms with E-state index in [4.69, 9.17) is 11.5 Å². The van der Waals surface area contributed by atoms with Crippen LogP contribution in [0.5, 0.6) is 0 Å². The lowest BCUT2D eigenvalue weighted by Crippen LogP contribution is -2.30. The second-order valence-corrected chi connectivity index (χ2v) is 7.81. The highest BCUT2D eigenvalue weighted by Gasteiger charge is 2.26. The quantitative estimate of drug-likeness (QED) is 0.498. The maximum atomic E-state index is 12.6. The minimum atomic E-state index is -0.338. The number of anilines is 1. The SMILES string of the molecule is Nc1ncccc1CNC(=O)Cn1nc(CC2CC2)nc1[C@H](N)Cc1ccccc1. The number of carbonyl (C=O) groups is 1. The Morgan fingerprint density at radius 3 is 2.73 bits per heavy atom. The third-order valence-electron chi connectivity index (χ3n) is 5.24. The van der Waals surface area contributed by atoms with Gasteiger partial charge in [0.2, 0.25) is 5.91 Å². The molecule has 0 radical (unpaired) electrons. The molecule has 0 aliphatic heterocycles. The van der Waals surface area contributed by atoms with Crippen LogP contribution < -0.4 is 16.8 Å². The molecule has 1 fully saturated rings. The van der Waals surface area contributed by atoms with E-state index in [9.17, 15) is 4.79 Å². The van der Waals surface area contributed by atoms with Crippen LogP contribution in [0.2, 0.25) is 0 Å². The van der Waals surface area contributed by atoms with Crippen LogP contribution in [0.3, 0.4) is 0 Å². The van der Waals surface area contributed by atoms with Crippen LogP contribution >= 0.6 is 0 Å². The minimum absolute atomic E-state index is 0.0651. The monoisotopic (exact) mass is 405 g/mol. The zero-order chi connectivity index (χ0) is 20.9. The van der Waals surface area contributed by atoms with Gasteiger partial charge < -0.3 is 16.8 Å². The molecule has 0 unspecified atom stereocenters. The van der Waals surface area contributed by atoms with Crippen molar-refractivity contribution in [3.05, 3.63) is 71.4 Å². The summed E-state index contributed by atoms with van der Waals surface area (Å²) < 4.78 is 1.65. The third-order valence-corrected chi connectivity index (χ3v) is 5.24. The van der Waals surface area contributed by atoms with Crippen LogP contribution in [0.4, 0.5) is 5.82 Å². The van der Waals surface area contributed by atoms with Crippen molar-refractivity contribution in [2.45, 2.75) is 44.8 Å². The number of nitrogens with zero attached hydrogens (tertiary/aromatic N) is 4. The predicted molar refractivity (Wildman–Crippen MR) is 114 cm³/mol. The average Bonchev–Trinajstić information content (AvgIpc) is 3.46. The molecule has 1 aliphatic carbocycles. The van der Waals surface area contributed by atoms with Crippen molar-refractivity contribution in [3.63, 3.8) is 0 Å². The fourth-order valence-corrected chi connectivity index (χ4v) is 3.41. The van der Waals surface area contributed by atoms with Gasteiger partial charge >= 0.3 is 0 Å². The van der Waals surface area contributed by atoms with Gasteiger partial charge in [-0.05, 0) is 36.8 Å². The van der Waals surface area contributed by atoms with Gasteiger partial charge in [0.1, 0.15) is 18.2 Å². The van der Waals surface area contributed by atoms with Gasteiger partial charge in [-0.15, -0.1) is 0 Å². The van der Waals surface area contributed by atoms with Gasteiger partial charge in [-0.3, -0.25) is 4.79 Å². The summed E-state index contributed by atoms with van der Waals surface area (Å²) in [7, 11) is 0. The molecule has 8 nitrogen and oxygen atoms in total. The molecule has 5 N–H and O–H groups in total. The average molecular weight is 406 g/mol. The Kier molecular flexibility index (Phi) is 6.04. The highest BCUT2D eigenvalue weighted by molar-refractivity contribution is 5.75. The van der Waals surface area contributed by atoms with Crippen molar-refractivity contribution in [3.8, 4) is 0 Å². The standard InChI is InChI=1S/C22H27N7O/c23-18(11-15-5-2-1-3-6-15)22-27-19(12-16-8-9-16)28-29(22)14-20(30)26-13-17-7-4-10-25-21(17)24/h1-7,10,16,18H,8-9,11-14,23H2,(H2,24,25)(H,26,30)/t18-/m1/s1. The summed E-state index contributed by atoms with van der Waals surface area (Å²) in [4.78, 5) is 21.3. The molecule has 2 aromatic heterocycles. The first kappa shape index (κ1) is 20.0. The van der Waals surface area contributed by atoms with Crippen LogP contribution in [-0.2, 0) is 30.7 Å². The molecule has 3 aromatic rings. The van der Waals surface area contributed by atoms with E-state index < -0.39 is 0 Å². The van der Waals surface area contributed by atoms with Gasteiger partial charge in [-0.1, -0.05) is 36.4 Å². The van der Waals surface area contributed by atoms with E-state index in [2.05, 4.69) is 20.4 Å². The molecule has 30 heavy (non-hydrogen) atoms. The second-order valence-electron chi connectivity index (χ2n) is 7.81. The maximum absolute atomic E-state index is 12.6. The summed E-state index contributed by atoms with van der Waals surface area (Å²) in [6, 6.07) is 13.3. The molecular weight excluding hydrogens is 378 g/mol. The highest BCUT2D eigenvalue weighted by atomic mass is 16.2. The van der Waals surface area contributed by atoms with Crippen LogP contribution in [0.1, 0.15) is 41.7 Å². The summed E-state index contributed by atoms with van der Waals surface area (Å²) >= 11 is 0. The fraction of sp³-hybridized carbons (Fsp3) is 0.364. The van der Waals surface area contributed by atoms with E-state index in [0.29, 0.717) is 30.5 Å². The fourth-order valence-electron chi connectivity index (χ4n) is 3.41. The van der Waals surface area contributed by atoms with Gasteiger partial charge in [0.05, 0.1) is 6.04 Å². The number of nitrogen functional groups attached to an aromatic ring is 1. The highest BCUT2D eigenvalue weighted by Crippen LogP contribution is 2.32. The van der Waals surface area contributed by atoms with Crippen LogP contribution in [-0.4, -0.2) is 25.7 Å². The lowest BCUT2D eigenvalue weighted by Gasteiger charge is -2.13. The Labute approximate surface area is 175 Å². The largest absolute Gasteiger partial charge is 0.383 e. The minimum Gasteiger partial charge on any atom is -0.383 e. The van der Waals surface area contributed by atoms with E-state index in [1.807, 2.05) is 36.4 Å². The molecule has 0 spiro atoms. The number of pyridine rings is 1. The first-order chi connectivity index (χ1) is 14.6. The number of hydrogen-bond acceptors (Lipinski definition) is 6. The molecule has 1 aromatic carbocycles. The molecule has 156 valence electrons. The summed E-state index contributed by atoms with van der Waals surface area (Å²) in [5.41, 5.74) is 14.2. The summed E-state index contributed by atoms with van der Waals surface area (Å²) in [6.45, 7) is 0.378. The lowest BCUT2D eigenvalue weighted by molar-refractivity contribution is -0.122. The Morgan fingerprint density at radius 1 is 1.20 bits per heavy atom. The van der Waals surface area contributed by atoms with E-state index in [0.717, 1.165) is 23.4 Å². The van der Waals surface area contributed by atoms with Crippen LogP contribution in [0, 0.1) is 5.92 Å². The van der Waals surface area contributed by atoms with Crippen molar-refractivity contribution < 1.29 is 4.79 Å². The molecular formula is C22H27N7O. The van der Waals surface area contributed by atoms with Crippen molar-refractivity contribution in [2.75, 3.05) is 5.73 Å². The third kappa shape index (κ3) is 5.21. The summed E-state index contributed by atoms with van der Waals surface area (Å²) in [6.07, 6.45) is 5.53. The molecule has 4 rings (SSSR count). The van der Waals surface area contributed by atoms with Gasteiger partial charge in [-0.2, -0.15) is 5.10 Å². The van der Waals surface area contributed by atoms with E-state index >= 15 is 0 Å². The number of aromatic nitrogens is 4. The van der Waals surface area contributed by atoms with E-state index in [1.54, 1.807) is 16.9 Å². The Morgan fingerprint density at radius 2 is 2.00 bits per heavy atom. The molecule has 0 saturated heterocycles. The first-order valence-corrected chi connectivity index (χ1v) is 10.3. The van der Waals surface area contributed by atoms with Gasteiger partial charge in [-0.25, -0.2) is 14.6 Å². The van der Waals surface area contributed by atoms with Crippen molar-refractivity contribution in [1.29, 1.82) is 0 Å². The lowest BCUT2D eigenvalue weighted by atomic mass is 10.1. The number of nitrogens with two attached hydrogens (primary N) is 2. The van der Waals surface area contributed by atoms with Gasteiger partial charge in [0.25, 0.3) is 0 Å². The number of rotatable bonds is 9. The smallest absolute Gasteiger partial charge is 0.242 e. The molecule has 1 aliphatic rings. The second kappa shape index (κ2) is 9.04. The van der Waals surface area contributed by atoms with Gasteiger partial charge in [0.15, 0.2) is 5.82 Å². The molecule has 1 saturated carbocycles. The van der Waals surface area contributed by atoms with Crippen LogP contribution in [0.15, 0.2) is 48.7 Å². The number of benzene rings is 1. The van der Waals surface area contributed by atoms with Gasteiger partial charge in [0, 0.05) is 24.7 Å². The first-order valence-electron chi connectivity index (χ1n) is 10.3. The topological polar surface area (TPSA) is 125 Å². The zero-order valence-corrected chi connectivity index (χ0v) is 16.9. The van der Waals surface area contributed by atoms with Crippen molar-refractivity contribution in [1.82, 2.24) is 25.1 Å². The molecule has 2 heterocycles. The predicted octanol–water partition coefficient (Wildman–Crippen LogP) is 1.77. The molecule has 1 atom stereocenters. The summed E-state index contributed by atoms with van der Waals surface area (Å²) in [5, 5.41) is 7.47. The maximum Gasteiger partial charge on any atom is 0.242 e. The number of amides is 1. The Balaban J connectivity index is 1.45. The van der Waals surface area contributed by atoms with Crippen LogP contribution in [0.25, 0.3) is 0 Å².